The molecule has 3 nitrogen and oxygen atoms in total. The van der Waals surface area contributed by atoms with Crippen LogP contribution in [0, 0.1) is 5.41 Å². The van der Waals surface area contributed by atoms with E-state index in [1.54, 1.807) is 0 Å². The summed E-state index contributed by atoms with van der Waals surface area (Å²) in [5, 5.41) is 3.63. The van der Waals surface area contributed by atoms with Crippen molar-refractivity contribution in [3.8, 4) is 0 Å². The normalized spacial score (nSPS) is 15.0. The second-order valence-electron chi connectivity index (χ2n) is 6.76. The van der Waals surface area contributed by atoms with Gasteiger partial charge in [0.1, 0.15) is 0 Å². The molecule has 20 heavy (non-hydrogen) atoms. The molecular weight excluding hydrogens is 246 g/mol. The Kier molecular flexibility index (Phi) is 11.5. The summed E-state index contributed by atoms with van der Waals surface area (Å²) >= 11 is 0. The maximum absolute atomic E-state index is 3.63. The Hall–Kier alpha value is -0.120. The lowest BCUT2D eigenvalue weighted by molar-refractivity contribution is 0.150. The third-order valence-corrected chi connectivity index (χ3v) is 3.96. The molecule has 0 aliphatic heterocycles. The highest BCUT2D eigenvalue weighted by molar-refractivity contribution is 4.80. The molecule has 0 heterocycles. The van der Waals surface area contributed by atoms with Crippen molar-refractivity contribution < 1.29 is 0 Å². The molecule has 0 aromatic rings. The van der Waals surface area contributed by atoms with Crippen LogP contribution >= 0.6 is 0 Å². The molecule has 3 heteroatoms. The predicted molar refractivity (Wildman–Crippen MR) is 91.5 cm³/mol. The van der Waals surface area contributed by atoms with Crippen LogP contribution in [-0.4, -0.2) is 63.2 Å². The zero-order chi connectivity index (χ0) is 15.4. The van der Waals surface area contributed by atoms with Crippen LogP contribution in [0.15, 0.2) is 0 Å². The third kappa shape index (κ3) is 9.73. The standard InChI is InChI=1S/C17H39N3/c1-7-11-17(4,15-18-12-8-2)16-20(9-3)14-10-13-19(5)6/h18H,7-16H2,1-6H3. The minimum absolute atomic E-state index is 0.415. The monoisotopic (exact) mass is 285 g/mol. The van der Waals surface area contributed by atoms with Gasteiger partial charge in [-0.1, -0.05) is 34.1 Å². The van der Waals surface area contributed by atoms with Gasteiger partial charge in [0.25, 0.3) is 0 Å². The second kappa shape index (κ2) is 11.5. The van der Waals surface area contributed by atoms with Crippen molar-refractivity contribution in [2.75, 3.05) is 53.4 Å². The van der Waals surface area contributed by atoms with Crippen molar-refractivity contribution in [1.29, 1.82) is 0 Å². The largest absolute Gasteiger partial charge is 0.316 e. The first-order valence-corrected chi connectivity index (χ1v) is 8.55. The van der Waals surface area contributed by atoms with Crippen LogP contribution < -0.4 is 5.32 Å². The average molecular weight is 286 g/mol. The minimum atomic E-state index is 0.415. The van der Waals surface area contributed by atoms with E-state index in [0.29, 0.717) is 5.41 Å². The molecule has 122 valence electrons. The van der Waals surface area contributed by atoms with Gasteiger partial charge in [0.2, 0.25) is 0 Å². The maximum Gasteiger partial charge on any atom is 0.00474 e. The predicted octanol–water partition coefficient (Wildman–Crippen LogP) is 3.07. The van der Waals surface area contributed by atoms with E-state index < -0.39 is 0 Å². The first-order chi connectivity index (χ1) is 9.47. The zero-order valence-electron chi connectivity index (χ0n) is 15.0. The van der Waals surface area contributed by atoms with E-state index in [0.717, 1.165) is 13.1 Å². The molecule has 0 rings (SSSR count). The van der Waals surface area contributed by atoms with Gasteiger partial charge in [-0.3, -0.25) is 0 Å². The van der Waals surface area contributed by atoms with Gasteiger partial charge in [-0.15, -0.1) is 0 Å². The lowest BCUT2D eigenvalue weighted by Crippen LogP contribution is -2.43. The first kappa shape index (κ1) is 19.9. The van der Waals surface area contributed by atoms with Crippen LogP contribution in [0.25, 0.3) is 0 Å². The van der Waals surface area contributed by atoms with Gasteiger partial charge in [0.05, 0.1) is 0 Å². The molecule has 0 saturated heterocycles. The highest BCUT2D eigenvalue weighted by Gasteiger charge is 2.25. The Bertz CT molecular complexity index is 218. The highest BCUT2D eigenvalue weighted by atomic mass is 15.1. The smallest absolute Gasteiger partial charge is 0.00474 e. The molecule has 0 saturated carbocycles. The molecule has 0 aromatic carbocycles. The van der Waals surface area contributed by atoms with Gasteiger partial charge in [-0.2, -0.15) is 0 Å². The number of hydrogen-bond donors (Lipinski definition) is 1. The molecule has 0 bridgehead atoms. The van der Waals surface area contributed by atoms with Gasteiger partial charge >= 0.3 is 0 Å². The van der Waals surface area contributed by atoms with Gasteiger partial charge in [-0.05, 0) is 65.0 Å². The molecule has 1 atom stereocenters. The summed E-state index contributed by atoms with van der Waals surface area (Å²) in [5.74, 6) is 0. The van der Waals surface area contributed by atoms with Crippen LogP contribution in [0.2, 0.25) is 0 Å². The van der Waals surface area contributed by atoms with Crippen LogP contribution in [-0.2, 0) is 0 Å². The fourth-order valence-electron chi connectivity index (χ4n) is 2.89. The van der Waals surface area contributed by atoms with Crippen LogP contribution in [0.5, 0.6) is 0 Å². The molecule has 0 amide bonds. The molecule has 0 aromatic heterocycles. The van der Waals surface area contributed by atoms with Gasteiger partial charge in [0, 0.05) is 13.1 Å². The Morgan fingerprint density at radius 3 is 2.20 bits per heavy atom. The summed E-state index contributed by atoms with van der Waals surface area (Å²) in [5.41, 5.74) is 0.415. The molecule has 0 aliphatic rings. The van der Waals surface area contributed by atoms with Crippen molar-refractivity contribution >= 4 is 0 Å². The highest BCUT2D eigenvalue weighted by Crippen LogP contribution is 2.24. The minimum Gasteiger partial charge on any atom is -0.316 e. The fourth-order valence-corrected chi connectivity index (χ4v) is 2.89. The number of nitrogens with zero attached hydrogens (tertiary/aromatic N) is 2. The van der Waals surface area contributed by atoms with E-state index >= 15 is 0 Å². The summed E-state index contributed by atoms with van der Waals surface area (Å²) < 4.78 is 0. The van der Waals surface area contributed by atoms with E-state index in [2.05, 4.69) is 56.9 Å². The summed E-state index contributed by atoms with van der Waals surface area (Å²) in [6.45, 7) is 16.4. The summed E-state index contributed by atoms with van der Waals surface area (Å²) in [7, 11) is 4.32. The van der Waals surface area contributed by atoms with Gasteiger partial charge in [0.15, 0.2) is 0 Å². The Labute approximate surface area is 128 Å². The quantitative estimate of drug-likeness (QED) is 0.525. The van der Waals surface area contributed by atoms with Crippen molar-refractivity contribution in [3.05, 3.63) is 0 Å². The second-order valence-corrected chi connectivity index (χ2v) is 6.76. The molecule has 0 fully saturated rings. The summed E-state index contributed by atoms with van der Waals surface area (Å²) in [4.78, 5) is 4.91. The van der Waals surface area contributed by atoms with Gasteiger partial charge < -0.3 is 15.1 Å². The van der Waals surface area contributed by atoms with Crippen molar-refractivity contribution in [3.63, 3.8) is 0 Å². The van der Waals surface area contributed by atoms with Crippen molar-refractivity contribution in [1.82, 2.24) is 15.1 Å². The Balaban J connectivity index is 4.27. The molecule has 0 spiro atoms. The molecule has 1 unspecified atom stereocenters. The van der Waals surface area contributed by atoms with E-state index in [4.69, 9.17) is 0 Å². The average Bonchev–Trinajstić information content (AvgIpc) is 2.37. The first-order valence-electron chi connectivity index (χ1n) is 8.55. The topological polar surface area (TPSA) is 18.5 Å². The van der Waals surface area contributed by atoms with E-state index in [1.807, 2.05) is 0 Å². The lowest BCUT2D eigenvalue weighted by Gasteiger charge is -2.35. The lowest BCUT2D eigenvalue weighted by atomic mass is 9.84. The number of hydrogen-bond acceptors (Lipinski definition) is 3. The van der Waals surface area contributed by atoms with Crippen molar-refractivity contribution in [2.24, 2.45) is 5.41 Å². The fraction of sp³-hybridized carbons (Fsp3) is 1.00. The van der Waals surface area contributed by atoms with Crippen LogP contribution in [0.4, 0.5) is 0 Å². The van der Waals surface area contributed by atoms with Gasteiger partial charge in [-0.25, -0.2) is 0 Å². The molecular formula is C17H39N3. The number of nitrogens with one attached hydrogen (secondary N) is 1. The summed E-state index contributed by atoms with van der Waals surface area (Å²) in [6.07, 6.45) is 5.08. The summed E-state index contributed by atoms with van der Waals surface area (Å²) in [6, 6.07) is 0. The molecule has 0 radical (unpaired) electrons. The zero-order valence-corrected chi connectivity index (χ0v) is 15.0. The molecule has 1 N–H and O–H groups in total. The Morgan fingerprint density at radius 1 is 1.00 bits per heavy atom. The third-order valence-electron chi connectivity index (χ3n) is 3.96. The SMILES string of the molecule is CCCNCC(C)(CCC)CN(CC)CCCN(C)C. The van der Waals surface area contributed by atoms with E-state index in [1.165, 1.54) is 51.9 Å². The van der Waals surface area contributed by atoms with Crippen molar-refractivity contribution in [2.45, 2.75) is 53.4 Å². The molecule has 0 aliphatic carbocycles. The van der Waals surface area contributed by atoms with E-state index in [9.17, 15) is 0 Å². The Morgan fingerprint density at radius 2 is 1.70 bits per heavy atom. The van der Waals surface area contributed by atoms with Crippen LogP contribution in [0.1, 0.15) is 53.4 Å². The van der Waals surface area contributed by atoms with Crippen LogP contribution in [0.3, 0.4) is 0 Å². The maximum atomic E-state index is 3.63. The number of rotatable bonds is 13. The van der Waals surface area contributed by atoms with E-state index in [-0.39, 0.29) is 0 Å².